The van der Waals surface area contributed by atoms with Crippen molar-refractivity contribution in [2.45, 2.75) is 26.8 Å². The molecule has 0 bridgehead atoms. The number of hydrogen-bond donors (Lipinski definition) is 1. The molecule has 0 aromatic heterocycles. The van der Waals surface area contributed by atoms with Crippen LogP contribution in [0.3, 0.4) is 0 Å². The van der Waals surface area contributed by atoms with E-state index in [0.717, 1.165) is 50.3 Å². The molecule has 1 aliphatic heterocycles. The summed E-state index contributed by atoms with van der Waals surface area (Å²) in [6.07, 6.45) is 1.15. The fourth-order valence-corrected chi connectivity index (χ4v) is 3.75. The van der Waals surface area contributed by atoms with Crippen molar-refractivity contribution in [3.63, 3.8) is 0 Å². The maximum atomic E-state index is 13.0. The highest BCUT2D eigenvalue weighted by atomic mass is 16.2. The molecule has 1 fully saturated rings. The number of benzene rings is 2. The second-order valence-corrected chi connectivity index (χ2v) is 7.29. The fraction of sp³-hybridized carbons (Fsp3) is 0.409. The highest BCUT2D eigenvalue weighted by Crippen LogP contribution is 2.22. The first-order valence-electron chi connectivity index (χ1n) is 9.48. The molecule has 0 aliphatic carbocycles. The summed E-state index contributed by atoms with van der Waals surface area (Å²) in [5.41, 5.74) is 9.60. The van der Waals surface area contributed by atoms with Crippen LogP contribution in [-0.4, -0.2) is 41.9 Å². The van der Waals surface area contributed by atoms with Crippen molar-refractivity contribution in [1.29, 1.82) is 0 Å². The number of aryl methyl sites for hydroxylation is 1. The smallest absolute Gasteiger partial charge is 0.254 e. The maximum Gasteiger partial charge on any atom is 0.254 e. The molecule has 1 atom stereocenters. The Morgan fingerprint density at radius 1 is 1.23 bits per heavy atom. The molecule has 1 saturated heterocycles. The molecule has 1 amide bonds. The summed E-state index contributed by atoms with van der Waals surface area (Å²) >= 11 is 0. The number of rotatable bonds is 6. The normalized spacial score (nSPS) is 17.4. The second kappa shape index (κ2) is 8.37. The first-order valence-corrected chi connectivity index (χ1v) is 9.48. The molecule has 4 nitrogen and oxygen atoms in total. The Morgan fingerprint density at radius 2 is 2.00 bits per heavy atom. The van der Waals surface area contributed by atoms with Crippen LogP contribution in [0.2, 0.25) is 0 Å². The minimum Gasteiger partial charge on any atom is -0.399 e. The zero-order chi connectivity index (χ0) is 18.5. The van der Waals surface area contributed by atoms with E-state index in [0.29, 0.717) is 11.6 Å². The Morgan fingerprint density at radius 3 is 2.73 bits per heavy atom. The van der Waals surface area contributed by atoms with Crippen LogP contribution in [0.4, 0.5) is 5.69 Å². The highest BCUT2D eigenvalue weighted by molar-refractivity contribution is 5.96. The van der Waals surface area contributed by atoms with E-state index in [4.69, 9.17) is 5.73 Å². The van der Waals surface area contributed by atoms with Crippen LogP contribution in [0, 0.1) is 12.8 Å². The van der Waals surface area contributed by atoms with Crippen LogP contribution >= 0.6 is 0 Å². The molecule has 0 radical (unpaired) electrons. The van der Waals surface area contributed by atoms with Crippen LogP contribution in [0.25, 0.3) is 0 Å². The van der Waals surface area contributed by atoms with Crippen LogP contribution in [0.15, 0.2) is 48.5 Å². The van der Waals surface area contributed by atoms with Crippen LogP contribution in [0.1, 0.15) is 34.8 Å². The Hall–Kier alpha value is -2.33. The summed E-state index contributed by atoms with van der Waals surface area (Å²) in [6.45, 7) is 8.70. The molecule has 2 N–H and O–H groups in total. The third kappa shape index (κ3) is 4.44. The molecule has 1 aliphatic rings. The van der Waals surface area contributed by atoms with Gasteiger partial charge < -0.3 is 10.6 Å². The molecule has 1 unspecified atom stereocenters. The number of hydrogen-bond acceptors (Lipinski definition) is 3. The van der Waals surface area contributed by atoms with Gasteiger partial charge in [-0.15, -0.1) is 0 Å². The summed E-state index contributed by atoms with van der Waals surface area (Å²) in [6, 6.07) is 16.2. The first-order chi connectivity index (χ1) is 12.6. The van der Waals surface area contributed by atoms with E-state index in [9.17, 15) is 4.79 Å². The monoisotopic (exact) mass is 351 g/mol. The van der Waals surface area contributed by atoms with Crippen LogP contribution in [-0.2, 0) is 6.54 Å². The topological polar surface area (TPSA) is 49.6 Å². The number of anilines is 1. The molecule has 1 heterocycles. The second-order valence-electron chi connectivity index (χ2n) is 7.29. The third-order valence-electron chi connectivity index (χ3n) is 5.26. The van der Waals surface area contributed by atoms with Crippen molar-refractivity contribution in [2.75, 3.05) is 31.9 Å². The number of carbonyl (C=O) groups is 1. The average molecular weight is 351 g/mol. The van der Waals surface area contributed by atoms with Gasteiger partial charge in [-0.05, 0) is 56.0 Å². The van der Waals surface area contributed by atoms with Gasteiger partial charge in [-0.3, -0.25) is 9.69 Å². The number of nitrogen functional groups attached to an aromatic ring is 1. The Kier molecular flexibility index (Phi) is 5.94. The van der Waals surface area contributed by atoms with Crippen molar-refractivity contribution in [1.82, 2.24) is 9.80 Å². The minimum atomic E-state index is 0.0961. The van der Waals surface area contributed by atoms with Gasteiger partial charge in [0.1, 0.15) is 0 Å². The van der Waals surface area contributed by atoms with Gasteiger partial charge in [-0.1, -0.05) is 36.4 Å². The van der Waals surface area contributed by atoms with E-state index in [1.54, 1.807) is 6.07 Å². The zero-order valence-electron chi connectivity index (χ0n) is 15.8. The van der Waals surface area contributed by atoms with Crippen LogP contribution < -0.4 is 5.73 Å². The van der Waals surface area contributed by atoms with E-state index in [-0.39, 0.29) is 5.91 Å². The zero-order valence-corrected chi connectivity index (χ0v) is 15.8. The standard InChI is InChI=1S/C22H29N3O/c1-3-25(22(26)21-13-20(23)10-9-17(21)2)16-19-11-12-24(15-19)14-18-7-5-4-6-8-18/h4-10,13,19H,3,11-12,14-16,23H2,1-2H3. The van der Waals surface area contributed by atoms with E-state index < -0.39 is 0 Å². The van der Waals surface area contributed by atoms with Crippen molar-refractivity contribution >= 4 is 11.6 Å². The van der Waals surface area contributed by atoms with Gasteiger partial charge >= 0.3 is 0 Å². The Bertz CT molecular complexity index is 744. The van der Waals surface area contributed by atoms with Crippen molar-refractivity contribution < 1.29 is 4.79 Å². The lowest BCUT2D eigenvalue weighted by atomic mass is 10.0. The first kappa shape index (κ1) is 18.5. The van der Waals surface area contributed by atoms with E-state index >= 15 is 0 Å². The third-order valence-corrected chi connectivity index (χ3v) is 5.26. The summed E-state index contributed by atoms with van der Waals surface area (Å²) in [7, 11) is 0. The average Bonchev–Trinajstić information content (AvgIpc) is 3.09. The van der Waals surface area contributed by atoms with Gasteiger partial charge in [-0.25, -0.2) is 0 Å². The molecule has 0 spiro atoms. The predicted octanol–water partition coefficient (Wildman–Crippen LogP) is 3.56. The summed E-state index contributed by atoms with van der Waals surface area (Å²) in [4.78, 5) is 17.4. The summed E-state index contributed by atoms with van der Waals surface area (Å²) in [5.74, 6) is 0.628. The molecule has 4 heteroatoms. The number of likely N-dealkylation sites (tertiary alicyclic amines) is 1. The quantitative estimate of drug-likeness (QED) is 0.810. The van der Waals surface area contributed by atoms with Crippen molar-refractivity contribution in [3.8, 4) is 0 Å². The van der Waals surface area contributed by atoms with Crippen molar-refractivity contribution in [3.05, 3.63) is 65.2 Å². The molecule has 3 rings (SSSR count). The van der Waals surface area contributed by atoms with E-state index in [1.807, 2.05) is 24.0 Å². The highest BCUT2D eigenvalue weighted by Gasteiger charge is 2.26. The Labute approximate surface area is 156 Å². The van der Waals surface area contributed by atoms with Gasteiger partial charge in [0.05, 0.1) is 0 Å². The number of amides is 1. The SMILES string of the molecule is CCN(CC1CCN(Cc2ccccc2)C1)C(=O)c1cc(N)ccc1C. The lowest BCUT2D eigenvalue weighted by molar-refractivity contribution is 0.0738. The molecule has 2 aromatic carbocycles. The predicted molar refractivity (Wildman–Crippen MR) is 107 cm³/mol. The number of carbonyl (C=O) groups excluding carboxylic acids is 1. The summed E-state index contributed by atoms with van der Waals surface area (Å²) < 4.78 is 0. The minimum absolute atomic E-state index is 0.0961. The van der Waals surface area contributed by atoms with E-state index in [2.05, 4.69) is 42.2 Å². The van der Waals surface area contributed by atoms with Gasteiger partial charge in [-0.2, -0.15) is 0 Å². The Balaban J connectivity index is 1.60. The lowest BCUT2D eigenvalue weighted by Gasteiger charge is -2.25. The largest absolute Gasteiger partial charge is 0.399 e. The molecular weight excluding hydrogens is 322 g/mol. The van der Waals surface area contributed by atoms with Gasteiger partial charge in [0.25, 0.3) is 5.91 Å². The molecular formula is C22H29N3O. The van der Waals surface area contributed by atoms with E-state index in [1.165, 1.54) is 5.56 Å². The maximum absolute atomic E-state index is 13.0. The van der Waals surface area contributed by atoms with Crippen molar-refractivity contribution in [2.24, 2.45) is 5.92 Å². The fourth-order valence-electron chi connectivity index (χ4n) is 3.75. The van der Waals surface area contributed by atoms with Gasteiger partial charge in [0, 0.05) is 37.4 Å². The molecule has 2 aromatic rings. The number of nitrogens with two attached hydrogens (primary N) is 1. The van der Waals surface area contributed by atoms with Gasteiger partial charge in [0.15, 0.2) is 0 Å². The number of nitrogens with zero attached hydrogens (tertiary/aromatic N) is 2. The molecule has 26 heavy (non-hydrogen) atoms. The molecule has 0 saturated carbocycles. The molecule has 138 valence electrons. The lowest BCUT2D eigenvalue weighted by Crippen LogP contribution is -2.36. The summed E-state index contributed by atoms with van der Waals surface area (Å²) in [5, 5.41) is 0. The van der Waals surface area contributed by atoms with Gasteiger partial charge in [0.2, 0.25) is 0 Å². The van der Waals surface area contributed by atoms with Crippen LogP contribution in [0.5, 0.6) is 0 Å².